The van der Waals surface area contributed by atoms with E-state index in [9.17, 15) is 9.90 Å². The average molecular weight is 384 g/mol. The molecule has 4 nitrogen and oxygen atoms in total. The van der Waals surface area contributed by atoms with E-state index in [0.717, 1.165) is 35.3 Å². The molecule has 0 unspecified atom stereocenters. The number of carbonyl (C=O) groups is 1. The Morgan fingerprint density at radius 3 is 2.04 bits per heavy atom. The fraction of sp³-hybridized carbons (Fsp3) is 0.458. The summed E-state index contributed by atoms with van der Waals surface area (Å²) < 4.78 is 5.61. The van der Waals surface area contributed by atoms with Gasteiger partial charge in [0.1, 0.15) is 6.61 Å². The molecule has 2 aromatic rings. The first-order valence-corrected chi connectivity index (χ1v) is 10.0. The van der Waals surface area contributed by atoms with E-state index in [-0.39, 0.29) is 6.61 Å². The number of likely N-dealkylation sites (N-methyl/N-ethyl adjacent to an activating group) is 1. The van der Waals surface area contributed by atoms with Gasteiger partial charge in [-0.15, -0.1) is 0 Å². The van der Waals surface area contributed by atoms with Crippen molar-refractivity contribution in [2.75, 3.05) is 26.2 Å². The summed E-state index contributed by atoms with van der Waals surface area (Å²) in [5.41, 5.74) is 3.23. The number of nitrogens with zero attached hydrogens (tertiary/aromatic N) is 1. The third-order valence-corrected chi connectivity index (χ3v) is 5.75. The van der Waals surface area contributed by atoms with E-state index in [0.29, 0.717) is 17.7 Å². The molecule has 0 saturated heterocycles. The van der Waals surface area contributed by atoms with Gasteiger partial charge in [0.25, 0.3) is 0 Å². The first kappa shape index (κ1) is 22.1. The summed E-state index contributed by atoms with van der Waals surface area (Å²) in [6.45, 7) is 14.8. The van der Waals surface area contributed by atoms with Gasteiger partial charge < -0.3 is 14.7 Å². The van der Waals surface area contributed by atoms with E-state index in [4.69, 9.17) is 4.74 Å². The van der Waals surface area contributed by atoms with Crippen LogP contribution in [-0.2, 0) is 15.1 Å². The Morgan fingerprint density at radius 2 is 1.54 bits per heavy atom. The molecule has 0 heterocycles. The average Bonchev–Trinajstić information content (AvgIpc) is 2.70. The van der Waals surface area contributed by atoms with Gasteiger partial charge >= 0.3 is 5.97 Å². The molecule has 0 aromatic heterocycles. The molecule has 2 aromatic carbocycles. The predicted octanol–water partition coefficient (Wildman–Crippen LogP) is 4.04. The maximum atomic E-state index is 13.3. The molecule has 1 atom stereocenters. The number of ether oxygens (including phenoxy) is 1. The highest BCUT2D eigenvalue weighted by Crippen LogP contribution is 2.37. The molecule has 0 spiro atoms. The second-order valence-electron chi connectivity index (χ2n) is 7.37. The summed E-state index contributed by atoms with van der Waals surface area (Å²) >= 11 is 0. The van der Waals surface area contributed by atoms with Crippen molar-refractivity contribution in [1.29, 1.82) is 0 Å². The molecule has 0 bridgehead atoms. The second-order valence-corrected chi connectivity index (χ2v) is 7.37. The van der Waals surface area contributed by atoms with Gasteiger partial charge in [-0.25, -0.2) is 4.79 Å². The van der Waals surface area contributed by atoms with Crippen LogP contribution in [0.15, 0.2) is 36.4 Å². The minimum Gasteiger partial charge on any atom is -0.462 e. The number of esters is 1. The zero-order valence-electron chi connectivity index (χ0n) is 18.0. The second kappa shape index (κ2) is 9.35. The van der Waals surface area contributed by atoms with Gasteiger partial charge in [-0.05, 0) is 68.6 Å². The quantitative estimate of drug-likeness (QED) is 0.699. The normalized spacial score (nSPS) is 13.4. The molecule has 0 fully saturated rings. The van der Waals surface area contributed by atoms with Crippen molar-refractivity contribution in [2.45, 2.75) is 47.1 Å². The molecule has 0 amide bonds. The van der Waals surface area contributed by atoms with Gasteiger partial charge in [0.2, 0.25) is 5.60 Å². The molecule has 0 radical (unpaired) electrons. The molecule has 2 rings (SSSR count). The minimum absolute atomic E-state index is 0.249. The topological polar surface area (TPSA) is 49.8 Å². The lowest BCUT2D eigenvalue weighted by Crippen LogP contribution is -2.41. The van der Waals surface area contributed by atoms with E-state index in [1.54, 1.807) is 12.1 Å². The highest BCUT2D eigenvalue weighted by atomic mass is 16.5. The van der Waals surface area contributed by atoms with Crippen molar-refractivity contribution in [3.63, 3.8) is 0 Å². The first-order chi connectivity index (χ1) is 13.3. The number of aryl methyl sites for hydroxylation is 2. The molecule has 0 aliphatic heterocycles. The standard InChI is InChI=1S/C24H33NO3/c1-7-25(8-2)14-15-28-23(26)24(27,21-12-10-9-11-13-21)22-19(5)17(3)16-18(4)20(22)6/h9-13,16,27H,7-8,14-15H2,1-6H3/t24-/m1/s1. The molecular formula is C24H33NO3. The van der Waals surface area contributed by atoms with Crippen LogP contribution in [0.3, 0.4) is 0 Å². The van der Waals surface area contributed by atoms with Gasteiger partial charge in [0.15, 0.2) is 0 Å². The number of aliphatic hydroxyl groups is 1. The fourth-order valence-corrected chi connectivity index (χ4v) is 3.71. The molecule has 0 aliphatic carbocycles. The zero-order valence-corrected chi connectivity index (χ0v) is 18.0. The maximum Gasteiger partial charge on any atom is 0.347 e. The summed E-state index contributed by atoms with van der Waals surface area (Å²) in [4.78, 5) is 15.4. The lowest BCUT2D eigenvalue weighted by molar-refractivity contribution is -0.162. The molecule has 28 heavy (non-hydrogen) atoms. The van der Waals surface area contributed by atoms with Crippen LogP contribution >= 0.6 is 0 Å². The molecule has 0 aliphatic rings. The van der Waals surface area contributed by atoms with E-state index in [1.165, 1.54) is 0 Å². The van der Waals surface area contributed by atoms with Crippen LogP contribution in [0.5, 0.6) is 0 Å². The third kappa shape index (κ3) is 4.29. The maximum absolute atomic E-state index is 13.3. The Kier molecular flexibility index (Phi) is 7.39. The molecule has 1 N–H and O–H groups in total. The molecule has 0 saturated carbocycles. The number of carbonyl (C=O) groups excluding carboxylic acids is 1. The van der Waals surface area contributed by atoms with Crippen LogP contribution in [0.25, 0.3) is 0 Å². The number of benzene rings is 2. The third-order valence-electron chi connectivity index (χ3n) is 5.75. The van der Waals surface area contributed by atoms with Crippen LogP contribution in [0.4, 0.5) is 0 Å². The Labute approximate surface area is 169 Å². The molecule has 4 heteroatoms. The minimum atomic E-state index is -1.84. The van der Waals surface area contributed by atoms with Gasteiger partial charge in [-0.2, -0.15) is 0 Å². The highest BCUT2D eigenvalue weighted by Gasteiger charge is 2.44. The van der Waals surface area contributed by atoms with E-state index >= 15 is 0 Å². The lowest BCUT2D eigenvalue weighted by Gasteiger charge is -2.31. The van der Waals surface area contributed by atoms with Gasteiger partial charge in [-0.3, -0.25) is 0 Å². The SMILES string of the molecule is CCN(CC)CCOC(=O)[C@@](O)(c1ccccc1)c1c(C)c(C)cc(C)c1C. The monoisotopic (exact) mass is 383 g/mol. The smallest absolute Gasteiger partial charge is 0.347 e. The summed E-state index contributed by atoms with van der Waals surface area (Å²) in [5.74, 6) is -0.623. The van der Waals surface area contributed by atoms with E-state index < -0.39 is 11.6 Å². The van der Waals surface area contributed by atoms with Crippen molar-refractivity contribution in [2.24, 2.45) is 0 Å². The highest BCUT2D eigenvalue weighted by molar-refractivity contribution is 5.87. The number of hydrogen-bond acceptors (Lipinski definition) is 4. The Hall–Kier alpha value is -2.17. The van der Waals surface area contributed by atoms with Crippen molar-refractivity contribution >= 4 is 5.97 Å². The fourth-order valence-electron chi connectivity index (χ4n) is 3.71. The van der Waals surface area contributed by atoms with Crippen molar-refractivity contribution < 1.29 is 14.6 Å². The number of rotatable bonds is 8. The first-order valence-electron chi connectivity index (χ1n) is 10.0. The van der Waals surface area contributed by atoms with Crippen LogP contribution in [-0.4, -0.2) is 42.2 Å². The summed E-state index contributed by atoms with van der Waals surface area (Å²) in [6.07, 6.45) is 0. The van der Waals surface area contributed by atoms with Crippen molar-refractivity contribution in [1.82, 2.24) is 4.90 Å². The largest absolute Gasteiger partial charge is 0.462 e. The van der Waals surface area contributed by atoms with Crippen LogP contribution < -0.4 is 0 Å². The zero-order chi connectivity index (χ0) is 20.9. The predicted molar refractivity (Wildman–Crippen MR) is 114 cm³/mol. The van der Waals surface area contributed by atoms with Crippen molar-refractivity contribution in [3.05, 3.63) is 69.8 Å². The van der Waals surface area contributed by atoms with Crippen molar-refractivity contribution in [3.8, 4) is 0 Å². The van der Waals surface area contributed by atoms with Crippen LogP contribution in [0.1, 0.15) is 47.2 Å². The van der Waals surface area contributed by atoms with Gasteiger partial charge in [-0.1, -0.05) is 50.2 Å². The molecular weight excluding hydrogens is 350 g/mol. The van der Waals surface area contributed by atoms with E-state index in [2.05, 4.69) is 24.8 Å². The van der Waals surface area contributed by atoms with Gasteiger partial charge in [0.05, 0.1) is 0 Å². The Bertz CT molecular complexity index is 786. The Balaban J connectivity index is 2.51. The summed E-state index contributed by atoms with van der Waals surface area (Å²) in [7, 11) is 0. The molecule has 152 valence electrons. The van der Waals surface area contributed by atoms with E-state index in [1.807, 2.05) is 45.9 Å². The number of hydrogen-bond donors (Lipinski definition) is 1. The van der Waals surface area contributed by atoms with Gasteiger partial charge in [0, 0.05) is 12.1 Å². The summed E-state index contributed by atoms with van der Waals surface area (Å²) in [5, 5.41) is 11.8. The van der Waals surface area contributed by atoms with Crippen LogP contribution in [0, 0.1) is 27.7 Å². The lowest BCUT2D eigenvalue weighted by atomic mass is 9.79. The van der Waals surface area contributed by atoms with Crippen LogP contribution in [0.2, 0.25) is 0 Å². The Morgan fingerprint density at radius 1 is 1.00 bits per heavy atom. The summed E-state index contributed by atoms with van der Waals surface area (Å²) in [6, 6.07) is 11.2.